The van der Waals surface area contributed by atoms with Crippen molar-refractivity contribution in [1.29, 1.82) is 0 Å². The zero-order chi connectivity index (χ0) is 16.5. The van der Waals surface area contributed by atoms with Gasteiger partial charge in [-0.15, -0.1) is 11.3 Å². The van der Waals surface area contributed by atoms with Crippen LogP contribution in [0.2, 0.25) is 0 Å². The van der Waals surface area contributed by atoms with Gasteiger partial charge in [-0.25, -0.2) is 9.97 Å². The Balaban J connectivity index is 1.68. The molecule has 8 heteroatoms. The maximum atomic E-state index is 11.2. The van der Waals surface area contributed by atoms with Gasteiger partial charge in [0.25, 0.3) is 0 Å². The maximum absolute atomic E-state index is 11.2. The van der Waals surface area contributed by atoms with Gasteiger partial charge in [0.2, 0.25) is 5.91 Å². The molecule has 0 aromatic carbocycles. The molecule has 1 fully saturated rings. The highest BCUT2D eigenvalue weighted by molar-refractivity contribution is 7.19. The number of carbonyl (C=O) groups is 1. The molecule has 4 N–H and O–H groups in total. The van der Waals surface area contributed by atoms with E-state index in [-0.39, 0.29) is 12.5 Å². The molecule has 0 spiro atoms. The fourth-order valence-electron chi connectivity index (χ4n) is 3.48. The molecule has 24 heavy (non-hydrogen) atoms. The number of fused-ring (bicyclic) bond motifs is 3. The lowest BCUT2D eigenvalue weighted by atomic mass is 10.2. The molecule has 1 aliphatic carbocycles. The van der Waals surface area contributed by atoms with Gasteiger partial charge >= 0.3 is 0 Å². The van der Waals surface area contributed by atoms with Crippen LogP contribution < -0.4 is 16.0 Å². The topological polar surface area (TPSA) is 94.6 Å². The number of carbonyl (C=O) groups excluding carboxylic acids is 1. The monoisotopic (exact) mass is 348 g/mol. The average Bonchev–Trinajstić information content (AvgIpc) is 3.14. The highest BCUT2D eigenvalue weighted by atomic mass is 32.1. The predicted octanol–water partition coefficient (Wildman–Crippen LogP) is -0.508. The van der Waals surface area contributed by atoms with Crippen LogP contribution in [0.15, 0.2) is 0 Å². The van der Waals surface area contributed by atoms with Crippen molar-refractivity contribution in [3.8, 4) is 0 Å². The molecule has 1 amide bonds. The molecular weight excluding hydrogens is 326 g/mol. The van der Waals surface area contributed by atoms with E-state index in [0.29, 0.717) is 0 Å². The summed E-state index contributed by atoms with van der Waals surface area (Å²) in [7, 11) is 0. The number of nitrogens with zero attached hydrogens (tertiary/aromatic N) is 2. The van der Waals surface area contributed by atoms with E-state index in [4.69, 9.17) is 20.4 Å². The van der Waals surface area contributed by atoms with Gasteiger partial charge in [-0.2, -0.15) is 0 Å². The zero-order valence-corrected chi connectivity index (χ0v) is 14.4. The van der Waals surface area contributed by atoms with Crippen LogP contribution in [0.25, 0.3) is 10.2 Å². The molecule has 0 saturated carbocycles. The van der Waals surface area contributed by atoms with Gasteiger partial charge in [0, 0.05) is 4.88 Å². The second kappa shape index (κ2) is 6.62. The first-order valence-electron chi connectivity index (χ1n) is 8.45. The Labute approximate surface area is 144 Å². The molecule has 2 aromatic heterocycles. The van der Waals surface area contributed by atoms with E-state index in [1.54, 1.807) is 11.3 Å². The number of morpholine rings is 1. The van der Waals surface area contributed by atoms with Crippen LogP contribution in [-0.2, 0) is 28.9 Å². The first-order chi connectivity index (χ1) is 11.7. The number of aromatic nitrogens is 2. The standard InChI is InChI=1S/C16H21N5O2S/c17-12(22)8-18-15-14-10-2-1-3-11(10)24-16(14)20-13(19-15)9-21-4-6-23-7-5-21/h1-9H2,(H2,17,22)(H,18,19,20)/p+1. The molecule has 2 aromatic rings. The van der Waals surface area contributed by atoms with Gasteiger partial charge < -0.3 is 20.7 Å². The highest BCUT2D eigenvalue weighted by Crippen LogP contribution is 2.39. The van der Waals surface area contributed by atoms with Crippen LogP contribution >= 0.6 is 11.3 Å². The number of quaternary nitrogens is 1. The van der Waals surface area contributed by atoms with Gasteiger partial charge in [0.15, 0.2) is 5.82 Å². The average molecular weight is 348 g/mol. The van der Waals surface area contributed by atoms with E-state index >= 15 is 0 Å². The van der Waals surface area contributed by atoms with Gasteiger partial charge in [-0.05, 0) is 24.8 Å². The maximum Gasteiger partial charge on any atom is 0.236 e. The lowest BCUT2D eigenvalue weighted by molar-refractivity contribution is -0.922. The van der Waals surface area contributed by atoms with E-state index in [2.05, 4.69) is 5.32 Å². The smallest absolute Gasteiger partial charge is 0.236 e. The van der Waals surface area contributed by atoms with Crippen LogP contribution in [0.1, 0.15) is 22.7 Å². The van der Waals surface area contributed by atoms with Gasteiger partial charge in [0.05, 0.1) is 25.1 Å². The number of thiophene rings is 1. The quantitative estimate of drug-likeness (QED) is 0.677. The molecule has 2 aliphatic rings. The second-order valence-corrected chi connectivity index (χ2v) is 7.47. The Morgan fingerprint density at radius 1 is 1.29 bits per heavy atom. The summed E-state index contributed by atoms with van der Waals surface area (Å²) >= 11 is 1.77. The number of ether oxygens (including phenoxy) is 1. The minimum atomic E-state index is -0.381. The Hall–Kier alpha value is -1.77. The first kappa shape index (κ1) is 15.7. The third-order valence-electron chi connectivity index (χ3n) is 4.65. The summed E-state index contributed by atoms with van der Waals surface area (Å²) in [6, 6.07) is 0. The lowest BCUT2D eigenvalue weighted by Crippen LogP contribution is -3.12. The number of amides is 1. The van der Waals surface area contributed by atoms with E-state index < -0.39 is 0 Å². The summed E-state index contributed by atoms with van der Waals surface area (Å²) in [6.07, 6.45) is 3.37. The van der Waals surface area contributed by atoms with Crippen molar-refractivity contribution in [3.05, 3.63) is 16.3 Å². The largest absolute Gasteiger partial charge is 0.370 e. The van der Waals surface area contributed by atoms with Crippen LogP contribution in [0, 0.1) is 0 Å². The summed E-state index contributed by atoms with van der Waals surface area (Å²) in [5.41, 5.74) is 6.65. The number of rotatable bonds is 5. The Morgan fingerprint density at radius 2 is 2.12 bits per heavy atom. The number of anilines is 1. The summed E-state index contributed by atoms with van der Waals surface area (Å²) < 4.78 is 5.41. The van der Waals surface area contributed by atoms with Crippen molar-refractivity contribution in [2.45, 2.75) is 25.8 Å². The van der Waals surface area contributed by atoms with Gasteiger partial charge in [-0.1, -0.05) is 0 Å². The Morgan fingerprint density at radius 3 is 2.92 bits per heavy atom. The fraction of sp³-hybridized carbons (Fsp3) is 0.562. The molecule has 3 heterocycles. The third-order valence-corrected chi connectivity index (χ3v) is 5.83. The van der Waals surface area contributed by atoms with Crippen molar-refractivity contribution in [2.75, 3.05) is 38.2 Å². The van der Waals surface area contributed by atoms with Crippen molar-refractivity contribution >= 4 is 33.3 Å². The summed E-state index contributed by atoms with van der Waals surface area (Å²) in [5.74, 6) is 1.21. The molecule has 4 rings (SSSR count). The molecule has 0 unspecified atom stereocenters. The number of nitrogens with two attached hydrogens (primary N) is 1. The molecular formula is C16H22N5O2S+. The van der Waals surface area contributed by atoms with Crippen molar-refractivity contribution in [2.24, 2.45) is 5.73 Å². The SMILES string of the molecule is NC(=O)CNc1nc(C[NH+]2CCOCC2)nc2sc3c(c12)CCC3. The summed E-state index contributed by atoms with van der Waals surface area (Å²) in [5, 5.41) is 4.22. The van der Waals surface area contributed by atoms with Crippen molar-refractivity contribution in [1.82, 2.24) is 9.97 Å². The van der Waals surface area contributed by atoms with Gasteiger partial charge in [0.1, 0.15) is 30.3 Å². The molecule has 1 saturated heterocycles. The summed E-state index contributed by atoms with van der Waals surface area (Å²) in [4.78, 5) is 24.6. The van der Waals surface area contributed by atoms with Gasteiger partial charge in [-0.3, -0.25) is 4.79 Å². The number of aryl methyl sites for hydroxylation is 2. The first-order valence-corrected chi connectivity index (χ1v) is 9.27. The number of primary amides is 1. The molecule has 128 valence electrons. The molecule has 0 radical (unpaired) electrons. The molecule has 1 aliphatic heterocycles. The van der Waals surface area contributed by atoms with Crippen LogP contribution in [-0.4, -0.2) is 48.7 Å². The van der Waals surface area contributed by atoms with Crippen LogP contribution in [0.5, 0.6) is 0 Å². The van der Waals surface area contributed by atoms with E-state index in [1.165, 1.54) is 21.8 Å². The number of nitrogens with one attached hydrogen (secondary N) is 2. The Bertz CT molecular complexity index is 769. The normalized spacial score (nSPS) is 18.0. The third kappa shape index (κ3) is 3.09. The predicted molar refractivity (Wildman–Crippen MR) is 92.3 cm³/mol. The van der Waals surface area contributed by atoms with Crippen LogP contribution in [0.3, 0.4) is 0 Å². The number of hydrogen-bond donors (Lipinski definition) is 3. The minimum absolute atomic E-state index is 0.0978. The fourth-order valence-corrected chi connectivity index (χ4v) is 4.76. The van der Waals surface area contributed by atoms with Crippen molar-refractivity contribution < 1.29 is 14.4 Å². The highest BCUT2D eigenvalue weighted by Gasteiger charge is 2.24. The molecule has 0 atom stereocenters. The van der Waals surface area contributed by atoms with E-state index in [0.717, 1.165) is 67.5 Å². The van der Waals surface area contributed by atoms with Crippen LogP contribution in [0.4, 0.5) is 5.82 Å². The second-order valence-electron chi connectivity index (χ2n) is 6.38. The lowest BCUT2D eigenvalue weighted by Gasteiger charge is -2.23. The van der Waals surface area contributed by atoms with E-state index in [9.17, 15) is 4.79 Å². The summed E-state index contributed by atoms with van der Waals surface area (Å²) in [6.45, 7) is 4.42. The zero-order valence-electron chi connectivity index (χ0n) is 13.6. The number of hydrogen-bond acceptors (Lipinski definition) is 6. The molecule has 7 nitrogen and oxygen atoms in total. The van der Waals surface area contributed by atoms with E-state index in [1.807, 2.05) is 0 Å². The van der Waals surface area contributed by atoms with Crippen molar-refractivity contribution in [3.63, 3.8) is 0 Å². The molecule has 0 bridgehead atoms. The minimum Gasteiger partial charge on any atom is -0.370 e. The Kier molecular flexibility index (Phi) is 4.34.